The highest BCUT2D eigenvalue weighted by Crippen LogP contribution is 2.05. The predicted octanol–water partition coefficient (Wildman–Crippen LogP) is 0.939. The average molecular weight is 230 g/mol. The molecule has 0 atom stereocenters. The standard InChI is InChI=1S/C10H15N3O.ClH/c1-13(2)12-7-10(14)8-3-5-9(11)6-4-8;/h3-6,12H,7,11H2,1-2H3;1H. The molecule has 0 radical (unpaired) electrons. The quantitative estimate of drug-likeness (QED) is 0.458. The van der Waals surface area contributed by atoms with Gasteiger partial charge in [0.25, 0.3) is 0 Å². The van der Waals surface area contributed by atoms with Crippen molar-refractivity contribution < 1.29 is 4.79 Å². The Labute approximate surface area is 95.8 Å². The Hall–Kier alpha value is -1.10. The summed E-state index contributed by atoms with van der Waals surface area (Å²) in [7, 11) is 3.69. The number of rotatable bonds is 4. The van der Waals surface area contributed by atoms with Crippen LogP contribution in [0.4, 0.5) is 5.69 Å². The van der Waals surface area contributed by atoms with E-state index in [1.807, 2.05) is 14.1 Å². The van der Waals surface area contributed by atoms with Gasteiger partial charge in [-0.25, -0.2) is 5.43 Å². The van der Waals surface area contributed by atoms with E-state index in [-0.39, 0.29) is 18.2 Å². The van der Waals surface area contributed by atoms with Gasteiger partial charge in [0.15, 0.2) is 5.78 Å². The van der Waals surface area contributed by atoms with E-state index in [4.69, 9.17) is 5.73 Å². The van der Waals surface area contributed by atoms with Crippen molar-refractivity contribution in [2.75, 3.05) is 26.4 Å². The second kappa shape index (κ2) is 6.40. The monoisotopic (exact) mass is 229 g/mol. The molecule has 3 N–H and O–H groups in total. The molecule has 0 aliphatic heterocycles. The number of nitrogen functional groups attached to an aromatic ring is 1. The van der Waals surface area contributed by atoms with Crippen molar-refractivity contribution in [2.24, 2.45) is 0 Å². The zero-order valence-electron chi connectivity index (χ0n) is 8.86. The first-order valence-corrected chi connectivity index (χ1v) is 4.39. The molecular weight excluding hydrogens is 214 g/mol. The third kappa shape index (κ3) is 4.78. The number of nitrogens with zero attached hydrogens (tertiary/aromatic N) is 1. The van der Waals surface area contributed by atoms with Gasteiger partial charge in [-0.2, -0.15) is 0 Å². The summed E-state index contributed by atoms with van der Waals surface area (Å²) < 4.78 is 0. The van der Waals surface area contributed by atoms with E-state index in [0.717, 1.165) is 0 Å². The van der Waals surface area contributed by atoms with Crippen molar-refractivity contribution in [3.8, 4) is 0 Å². The number of halogens is 1. The Balaban J connectivity index is 0.00000196. The summed E-state index contributed by atoms with van der Waals surface area (Å²) in [5.74, 6) is 0.0544. The fourth-order valence-corrected chi connectivity index (χ4v) is 1.00. The number of nitrogens with one attached hydrogen (secondary N) is 1. The number of hydrazine groups is 1. The first kappa shape index (κ1) is 13.9. The second-order valence-electron chi connectivity index (χ2n) is 3.27. The fraction of sp³-hybridized carbons (Fsp3) is 0.300. The van der Waals surface area contributed by atoms with Crippen molar-refractivity contribution in [2.45, 2.75) is 0 Å². The van der Waals surface area contributed by atoms with Crippen LogP contribution in [-0.2, 0) is 0 Å². The van der Waals surface area contributed by atoms with Crippen molar-refractivity contribution in [1.82, 2.24) is 10.4 Å². The van der Waals surface area contributed by atoms with E-state index in [1.54, 1.807) is 29.3 Å². The van der Waals surface area contributed by atoms with Gasteiger partial charge in [-0.1, -0.05) is 0 Å². The van der Waals surface area contributed by atoms with Crippen molar-refractivity contribution >= 4 is 23.9 Å². The molecular formula is C10H16ClN3O. The second-order valence-corrected chi connectivity index (χ2v) is 3.27. The number of Topliss-reactive ketones (excluding diaryl/α,β-unsaturated/α-hetero) is 1. The van der Waals surface area contributed by atoms with Crippen molar-refractivity contribution in [1.29, 1.82) is 0 Å². The molecule has 0 heterocycles. The molecule has 1 aromatic carbocycles. The largest absolute Gasteiger partial charge is 0.399 e. The highest BCUT2D eigenvalue weighted by molar-refractivity contribution is 5.97. The van der Waals surface area contributed by atoms with Crippen LogP contribution in [0.2, 0.25) is 0 Å². The third-order valence-electron chi connectivity index (χ3n) is 1.79. The van der Waals surface area contributed by atoms with Gasteiger partial charge in [-0.05, 0) is 24.3 Å². The van der Waals surface area contributed by atoms with Crippen LogP contribution < -0.4 is 11.2 Å². The summed E-state index contributed by atoms with van der Waals surface area (Å²) in [5.41, 5.74) is 9.77. The summed E-state index contributed by atoms with van der Waals surface area (Å²) >= 11 is 0. The van der Waals surface area contributed by atoms with Crippen LogP contribution in [0, 0.1) is 0 Å². The summed E-state index contributed by atoms with van der Waals surface area (Å²) in [6.07, 6.45) is 0. The molecule has 5 heteroatoms. The topological polar surface area (TPSA) is 58.4 Å². The van der Waals surface area contributed by atoms with Gasteiger partial charge in [0.05, 0.1) is 6.54 Å². The van der Waals surface area contributed by atoms with Crippen molar-refractivity contribution in [3.05, 3.63) is 29.8 Å². The Morgan fingerprint density at radius 1 is 1.33 bits per heavy atom. The zero-order valence-corrected chi connectivity index (χ0v) is 9.67. The number of ketones is 1. The number of benzene rings is 1. The van der Waals surface area contributed by atoms with Gasteiger partial charge in [0.2, 0.25) is 0 Å². The molecule has 0 saturated carbocycles. The smallest absolute Gasteiger partial charge is 0.178 e. The van der Waals surface area contributed by atoms with Crippen LogP contribution in [-0.4, -0.2) is 31.4 Å². The third-order valence-corrected chi connectivity index (χ3v) is 1.79. The molecule has 0 aliphatic carbocycles. The van der Waals surface area contributed by atoms with E-state index in [9.17, 15) is 4.79 Å². The molecule has 0 aromatic heterocycles. The molecule has 1 rings (SSSR count). The molecule has 0 fully saturated rings. The molecule has 15 heavy (non-hydrogen) atoms. The number of carbonyl (C=O) groups excluding carboxylic acids is 1. The molecule has 84 valence electrons. The van der Waals surface area contributed by atoms with Gasteiger partial charge in [-0.3, -0.25) is 9.80 Å². The SMILES string of the molecule is CN(C)NCC(=O)c1ccc(N)cc1.Cl. The number of carbonyl (C=O) groups is 1. The molecule has 0 aliphatic rings. The maximum Gasteiger partial charge on any atom is 0.178 e. The van der Waals surface area contributed by atoms with E-state index in [1.165, 1.54) is 0 Å². The minimum Gasteiger partial charge on any atom is -0.399 e. The van der Waals surface area contributed by atoms with Crippen LogP contribution in [0.1, 0.15) is 10.4 Å². The lowest BCUT2D eigenvalue weighted by molar-refractivity contribution is 0.0964. The minimum absolute atomic E-state index is 0. The fourth-order valence-electron chi connectivity index (χ4n) is 1.00. The molecule has 0 bridgehead atoms. The number of anilines is 1. The summed E-state index contributed by atoms with van der Waals surface area (Å²) in [6, 6.07) is 6.91. The van der Waals surface area contributed by atoms with Crippen LogP contribution in [0.5, 0.6) is 0 Å². The molecule has 0 saturated heterocycles. The van der Waals surface area contributed by atoms with Gasteiger partial charge >= 0.3 is 0 Å². The van der Waals surface area contributed by atoms with Crippen LogP contribution in [0.3, 0.4) is 0 Å². The predicted molar refractivity (Wildman–Crippen MR) is 64.1 cm³/mol. The number of nitrogens with two attached hydrogens (primary N) is 1. The highest BCUT2D eigenvalue weighted by atomic mass is 35.5. The van der Waals surface area contributed by atoms with Crippen LogP contribution in [0.15, 0.2) is 24.3 Å². The highest BCUT2D eigenvalue weighted by Gasteiger charge is 2.04. The van der Waals surface area contributed by atoms with Gasteiger partial charge in [0.1, 0.15) is 0 Å². The lowest BCUT2D eigenvalue weighted by atomic mass is 10.1. The number of hydrogen-bond acceptors (Lipinski definition) is 4. The lowest BCUT2D eigenvalue weighted by Gasteiger charge is -2.10. The van der Waals surface area contributed by atoms with Gasteiger partial charge in [-0.15, -0.1) is 12.4 Å². The molecule has 0 amide bonds. The Kier molecular flexibility index (Phi) is 5.93. The molecule has 0 unspecified atom stereocenters. The van der Waals surface area contributed by atoms with Gasteiger partial charge in [0, 0.05) is 25.3 Å². The van der Waals surface area contributed by atoms with E-state index in [0.29, 0.717) is 17.8 Å². The van der Waals surface area contributed by atoms with E-state index < -0.39 is 0 Å². The Bertz CT molecular complexity index is 311. The van der Waals surface area contributed by atoms with Gasteiger partial charge < -0.3 is 5.73 Å². The molecule has 1 aromatic rings. The number of hydrogen-bond donors (Lipinski definition) is 2. The summed E-state index contributed by atoms with van der Waals surface area (Å²) in [4.78, 5) is 11.5. The average Bonchev–Trinajstić information content (AvgIpc) is 2.15. The van der Waals surface area contributed by atoms with Crippen LogP contribution >= 0.6 is 12.4 Å². The van der Waals surface area contributed by atoms with Crippen molar-refractivity contribution in [3.63, 3.8) is 0 Å². The molecule has 0 spiro atoms. The van der Waals surface area contributed by atoms with Crippen LogP contribution in [0.25, 0.3) is 0 Å². The zero-order chi connectivity index (χ0) is 10.6. The van der Waals surface area contributed by atoms with E-state index in [2.05, 4.69) is 5.43 Å². The Morgan fingerprint density at radius 3 is 2.33 bits per heavy atom. The lowest BCUT2D eigenvalue weighted by Crippen LogP contribution is -2.34. The maximum absolute atomic E-state index is 11.5. The maximum atomic E-state index is 11.5. The van der Waals surface area contributed by atoms with E-state index >= 15 is 0 Å². The first-order valence-electron chi connectivity index (χ1n) is 4.39. The Morgan fingerprint density at radius 2 is 1.87 bits per heavy atom. The summed E-state index contributed by atoms with van der Waals surface area (Å²) in [6.45, 7) is 0.302. The first-order chi connectivity index (χ1) is 6.59. The normalized spacial score (nSPS) is 9.80. The molecule has 4 nitrogen and oxygen atoms in total. The summed E-state index contributed by atoms with van der Waals surface area (Å²) in [5, 5.41) is 1.75. The minimum atomic E-state index is 0.